The third-order valence-electron chi connectivity index (χ3n) is 5.15. The van der Waals surface area contributed by atoms with Crippen molar-refractivity contribution in [1.82, 2.24) is 5.43 Å². The summed E-state index contributed by atoms with van der Waals surface area (Å²) in [5.74, 6) is -1.02. The lowest BCUT2D eigenvalue weighted by molar-refractivity contribution is -0.136. The quantitative estimate of drug-likeness (QED) is 0.139. The topological polar surface area (TPSA) is 118 Å². The number of nitrogens with one attached hydrogen (secondary N) is 3. The van der Waals surface area contributed by atoms with Crippen LogP contribution in [0.2, 0.25) is 5.02 Å². The van der Waals surface area contributed by atoms with Crippen LogP contribution in [-0.2, 0) is 14.4 Å². The van der Waals surface area contributed by atoms with Crippen molar-refractivity contribution in [1.29, 1.82) is 0 Å². The minimum atomic E-state index is -0.926. The Kier molecular flexibility index (Phi) is 10.7. The minimum Gasteiger partial charge on any atom is -0.494 e. The first-order valence-electron chi connectivity index (χ1n) is 12.0. The van der Waals surface area contributed by atoms with Crippen molar-refractivity contribution in [2.45, 2.75) is 26.7 Å². The monoisotopic (exact) mass is 536 g/mol. The number of anilines is 2. The summed E-state index contributed by atoms with van der Waals surface area (Å²) < 4.78 is 11.1. The molecule has 38 heavy (non-hydrogen) atoms. The fraction of sp³-hybridized carbons (Fsp3) is 0.214. The molecule has 0 radical (unpaired) electrons. The number of hydrogen-bond donors (Lipinski definition) is 3. The maximum atomic E-state index is 12.2. The molecule has 0 aliphatic carbocycles. The van der Waals surface area contributed by atoms with Gasteiger partial charge in [0.2, 0.25) is 0 Å². The number of carbonyl (C=O) groups is 3. The lowest BCUT2D eigenvalue weighted by Gasteiger charge is -2.09. The van der Waals surface area contributed by atoms with Gasteiger partial charge in [-0.3, -0.25) is 14.4 Å². The molecule has 0 spiro atoms. The number of unbranched alkanes of at least 4 members (excludes halogenated alkanes) is 1. The molecular weight excluding hydrogens is 508 g/mol. The third-order valence-corrected chi connectivity index (χ3v) is 5.56. The molecule has 3 amide bonds. The number of halogens is 1. The zero-order valence-electron chi connectivity index (χ0n) is 21.1. The van der Waals surface area contributed by atoms with E-state index in [9.17, 15) is 14.4 Å². The molecule has 0 aromatic heterocycles. The van der Waals surface area contributed by atoms with Gasteiger partial charge in [-0.25, -0.2) is 5.43 Å². The fourth-order valence-electron chi connectivity index (χ4n) is 3.07. The summed E-state index contributed by atoms with van der Waals surface area (Å²) in [6.07, 6.45) is 3.35. The van der Waals surface area contributed by atoms with Crippen LogP contribution in [0.3, 0.4) is 0 Å². The summed E-state index contributed by atoms with van der Waals surface area (Å²) in [5, 5.41) is 9.59. The van der Waals surface area contributed by atoms with E-state index < -0.39 is 11.8 Å². The van der Waals surface area contributed by atoms with Gasteiger partial charge in [-0.2, -0.15) is 5.10 Å². The Morgan fingerprint density at radius 2 is 1.66 bits per heavy atom. The highest BCUT2D eigenvalue weighted by molar-refractivity contribution is 6.39. The highest BCUT2D eigenvalue weighted by Gasteiger charge is 2.13. The molecule has 0 atom stereocenters. The van der Waals surface area contributed by atoms with Crippen molar-refractivity contribution in [3.8, 4) is 11.5 Å². The molecule has 0 unspecified atom stereocenters. The maximum absolute atomic E-state index is 12.2. The number of benzene rings is 3. The summed E-state index contributed by atoms with van der Waals surface area (Å²) in [4.78, 5) is 36.4. The molecule has 9 nitrogen and oxygen atoms in total. The summed E-state index contributed by atoms with van der Waals surface area (Å²) in [6, 6.07) is 18.7. The van der Waals surface area contributed by atoms with Crippen LogP contribution in [0.1, 0.15) is 30.9 Å². The van der Waals surface area contributed by atoms with E-state index in [-0.39, 0.29) is 12.5 Å². The number of carbonyl (C=O) groups excluding carboxylic acids is 3. The van der Waals surface area contributed by atoms with E-state index in [0.29, 0.717) is 40.1 Å². The van der Waals surface area contributed by atoms with Crippen LogP contribution in [0.4, 0.5) is 11.4 Å². The smallest absolute Gasteiger partial charge is 0.329 e. The summed E-state index contributed by atoms with van der Waals surface area (Å²) >= 11 is 6.08. The van der Waals surface area contributed by atoms with E-state index in [1.807, 2.05) is 13.0 Å². The second-order valence-electron chi connectivity index (χ2n) is 8.25. The Bertz CT molecular complexity index is 1290. The summed E-state index contributed by atoms with van der Waals surface area (Å²) in [7, 11) is 0. The van der Waals surface area contributed by atoms with Gasteiger partial charge in [-0.05, 0) is 73.0 Å². The predicted octanol–water partition coefficient (Wildman–Crippen LogP) is 4.93. The Balaban J connectivity index is 1.44. The predicted molar refractivity (Wildman–Crippen MR) is 148 cm³/mol. The molecule has 0 aliphatic rings. The van der Waals surface area contributed by atoms with Crippen molar-refractivity contribution in [2.75, 3.05) is 23.8 Å². The van der Waals surface area contributed by atoms with Crippen molar-refractivity contribution in [3.63, 3.8) is 0 Å². The number of nitrogens with zero attached hydrogens (tertiary/aromatic N) is 1. The van der Waals surface area contributed by atoms with Gasteiger partial charge in [0.25, 0.3) is 5.91 Å². The van der Waals surface area contributed by atoms with Crippen LogP contribution >= 0.6 is 11.6 Å². The van der Waals surface area contributed by atoms with Crippen molar-refractivity contribution in [3.05, 3.63) is 82.9 Å². The molecule has 0 bridgehead atoms. The summed E-state index contributed by atoms with van der Waals surface area (Å²) in [5.41, 5.74) is 4.71. The Morgan fingerprint density at radius 1 is 0.895 bits per heavy atom. The molecule has 198 valence electrons. The number of amides is 3. The van der Waals surface area contributed by atoms with Gasteiger partial charge in [0.1, 0.15) is 11.5 Å². The van der Waals surface area contributed by atoms with Crippen molar-refractivity contribution < 1.29 is 23.9 Å². The SMILES string of the molecule is CCCCOc1ccc(NC(=O)C(=O)N/N=C\c2cccc(OCC(=O)Nc3ccc(C)c(Cl)c3)c2)cc1. The molecule has 3 N–H and O–H groups in total. The lowest BCUT2D eigenvalue weighted by atomic mass is 10.2. The fourth-order valence-corrected chi connectivity index (χ4v) is 3.25. The van der Waals surface area contributed by atoms with Gasteiger partial charge >= 0.3 is 11.8 Å². The average molecular weight is 537 g/mol. The molecule has 3 rings (SSSR count). The molecule has 3 aromatic carbocycles. The normalized spacial score (nSPS) is 10.6. The first-order chi connectivity index (χ1) is 18.3. The maximum Gasteiger partial charge on any atom is 0.329 e. The summed E-state index contributed by atoms with van der Waals surface area (Å²) in [6.45, 7) is 4.36. The number of hydrazone groups is 1. The largest absolute Gasteiger partial charge is 0.494 e. The standard InChI is InChI=1S/C28H29ClN4O5/c1-3-4-14-37-23-12-10-21(11-13-23)32-27(35)28(36)33-30-17-20-6-5-7-24(15-20)38-18-26(34)31-22-9-8-19(2)25(29)16-22/h5-13,15-17H,3-4,14,18H2,1-2H3,(H,31,34)(H,32,35)(H,33,36)/b30-17-. The van der Waals surface area contributed by atoms with Gasteiger partial charge in [-0.1, -0.05) is 43.1 Å². The van der Waals surface area contributed by atoms with Gasteiger partial charge in [0.05, 0.1) is 12.8 Å². The molecular formula is C28H29ClN4O5. The van der Waals surface area contributed by atoms with Crippen LogP contribution in [0.5, 0.6) is 11.5 Å². The molecule has 0 heterocycles. The molecule has 0 fully saturated rings. The highest BCUT2D eigenvalue weighted by atomic mass is 35.5. The van der Waals surface area contributed by atoms with Crippen LogP contribution in [0.15, 0.2) is 71.8 Å². The zero-order chi connectivity index (χ0) is 27.3. The second kappa shape index (κ2) is 14.4. The van der Waals surface area contributed by atoms with Crippen LogP contribution in [0, 0.1) is 6.92 Å². The second-order valence-corrected chi connectivity index (χ2v) is 8.66. The Morgan fingerprint density at radius 3 is 2.39 bits per heavy atom. The zero-order valence-corrected chi connectivity index (χ0v) is 21.9. The first-order valence-corrected chi connectivity index (χ1v) is 12.4. The van der Waals surface area contributed by atoms with E-state index in [1.165, 1.54) is 6.21 Å². The first kappa shape index (κ1) is 28.2. The Labute approximate surface area is 226 Å². The molecule has 10 heteroatoms. The van der Waals surface area contributed by atoms with Crippen LogP contribution < -0.4 is 25.5 Å². The van der Waals surface area contributed by atoms with E-state index >= 15 is 0 Å². The lowest BCUT2D eigenvalue weighted by Crippen LogP contribution is -2.32. The molecule has 0 saturated carbocycles. The average Bonchev–Trinajstić information content (AvgIpc) is 2.91. The number of rotatable bonds is 11. The van der Waals surface area contributed by atoms with E-state index in [1.54, 1.807) is 60.7 Å². The number of aryl methyl sites for hydroxylation is 1. The highest BCUT2D eigenvalue weighted by Crippen LogP contribution is 2.20. The van der Waals surface area contributed by atoms with E-state index in [4.69, 9.17) is 21.1 Å². The molecule has 0 saturated heterocycles. The van der Waals surface area contributed by atoms with Gasteiger partial charge in [0, 0.05) is 16.4 Å². The Hall–Kier alpha value is -4.37. The van der Waals surface area contributed by atoms with Crippen molar-refractivity contribution in [2.24, 2.45) is 5.10 Å². The van der Waals surface area contributed by atoms with Crippen molar-refractivity contribution >= 4 is 46.9 Å². The molecule has 0 aliphatic heterocycles. The minimum absolute atomic E-state index is 0.213. The van der Waals surface area contributed by atoms with Crippen LogP contribution in [-0.4, -0.2) is 37.1 Å². The van der Waals surface area contributed by atoms with E-state index in [0.717, 1.165) is 18.4 Å². The number of hydrogen-bond acceptors (Lipinski definition) is 6. The van der Waals surface area contributed by atoms with E-state index in [2.05, 4.69) is 28.1 Å². The van der Waals surface area contributed by atoms with Gasteiger partial charge in [0.15, 0.2) is 6.61 Å². The van der Waals surface area contributed by atoms with Gasteiger partial charge in [-0.15, -0.1) is 0 Å². The number of ether oxygens (including phenoxy) is 2. The third kappa shape index (κ3) is 9.25. The van der Waals surface area contributed by atoms with Gasteiger partial charge < -0.3 is 20.1 Å². The molecule has 3 aromatic rings. The van der Waals surface area contributed by atoms with Crippen LogP contribution in [0.25, 0.3) is 0 Å².